The van der Waals surface area contributed by atoms with Crippen molar-refractivity contribution in [2.24, 2.45) is 5.18 Å². The minimum absolute atomic E-state index is 0.433. The third-order valence-corrected chi connectivity index (χ3v) is 1.84. The quantitative estimate of drug-likeness (QED) is 0.751. The number of rotatable bonds is 3. The van der Waals surface area contributed by atoms with Crippen LogP contribution < -0.4 is 5.43 Å². The number of nitroso groups, excluding NO2 is 1. The van der Waals surface area contributed by atoms with Crippen LogP contribution in [0, 0.1) is 4.91 Å². The first-order chi connectivity index (χ1) is 6.88. The molecule has 70 valence electrons. The van der Waals surface area contributed by atoms with E-state index >= 15 is 0 Å². The van der Waals surface area contributed by atoms with E-state index in [9.17, 15) is 4.91 Å². The van der Waals surface area contributed by atoms with Crippen molar-refractivity contribution in [3.8, 4) is 0 Å². The fraction of sp³-hybridized carbons (Fsp3) is 0. The van der Waals surface area contributed by atoms with Gasteiger partial charge in [0.25, 0.3) is 0 Å². The Morgan fingerprint density at radius 2 is 1.71 bits per heavy atom. The van der Waals surface area contributed by atoms with Gasteiger partial charge in [-0.25, -0.2) is 0 Å². The summed E-state index contributed by atoms with van der Waals surface area (Å²) in [5, 5.41) is 2.82. The number of hydrogen-bond donors (Lipinski definition) is 1. The first kappa shape index (κ1) is 8.50. The minimum Gasteiger partial charge on any atom is -0.295 e. The Hall–Kier alpha value is -2.10. The Morgan fingerprint density at radius 1 is 1.07 bits per heavy atom. The molecule has 0 bridgehead atoms. The van der Waals surface area contributed by atoms with E-state index < -0.39 is 0 Å². The van der Waals surface area contributed by atoms with E-state index in [4.69, 9.17) is 0 Å². The van der Waals surface area contributed by atoms with Gasteiger partial charge < -0.3 is 0 Å². The Kier molecular flexibility index (Phi) is 2.27. The summed E-state index contributed by atoms with van der Waals surface area (Å²) in [4.78, 5) is 10.2. The molecule has 0 fully saturated rings. The smallest absolute Gasteiger partial charge is 0.108 e. The van der Waals surface area contributed by atoms with Crippen molar-refractivity contribution in [1.29, 1.82) is 0 Å². The van der Waals surface area contributed by atoms with Gasteiger partial charge in [-0.05, 0) is 41.6 Å². The molecule has 0 aliphatic heterocycles. The highest BCUT2D eigenvalue weighted by Gasteiger charge is 1.93. The first-order valence-corrected chi connectivity index (χ1v) is 4.22. The molecule has 0 saturated heterocycles. The third kappa shape index (κ3) is 1.80. The molecule has 0 aliphatic rings. The monoisotopic (exact) mass is 187 g/mol. The van der Waals surface area contributed by atoms with Crippen LogP contribution in [-0.4, -0.2) is 4.68 Å². The maximum absolute atomic E-state index is 10.2. The summed E-state index contributed by atoms with van der Waals surface area (Å²) < 4.78 is 1.82. The van der Waals surface area contributed by atoms with Gasteiger partial charge in [0.05, 0.1) is 5.69 Å². The van der Waals surface area contributed by atoms with Crippen molar-refractivity contribution in [2.45, 2.75) is 0 Å². The second kappa shape index (κ2) is 3.74. The Morgan fingerprint density at radius 3 is 2.29 bits per heavy atom. The number of nitrogens with zero attached hydrogens (tertiary/aromatic N) is 2. The van der Waals surface area contributed by atoms with E-state index in [1.165, 1.54) is 0 Å². The van der Waals surface area contributed by atoms with Gasteiger partial charge >= 0.3 is 0 Å². The second-order valence-corrected chi connectivity index (χ2v) is 2.84. The largest absolute Gasteiger partial charge is 0.295 e. The molecule has 4 heteroatoms. The van der Waals surface area contributed by atoms with Crippen molar-refractivity contribution in [2.75, 3.05) is 5.43 Å². The summed E-state index contributed by atoms with van der Waals surface area (Å²) >= 11 is 0. The number of benzene rings is 1. The standard InChI is InChI=1S/C10H9N3O/c14-12-10-5-3-9(4-6-10)11-13-7-1-2-8-13/h1-8,11H. The summed E-state index contributed by atoms with van der Waals surface area (Å²) in [6, 6.07) is 10.8. The minimum atomic E-state index is 0.433. The molecule has 4 nitrogen and oxygen atoms in total. The fourth-order valence-corrected chi connectivity index (χ4v) is 1.15. The zero-order chi connectivity index (χ0) is 9.80. The summed E-state index contributed by atoms with van der Waals surface area (Å²) in [5.74, 6) is 0. The number of nitrogens with one attached hydrogen (secondary N) is 1. The lowest BCUT2D eigenvalue weighted by Crippen LogP contribution is -2.04. The van der Waals surface area contributed by atoms with Crippen LogP contribution in [0.2, 0.25) is 0 Å². The number of hydrogen-bond acceptors (Lipinski definition) is 3. The lowest BCUT2D eigenvalue weighted by atomic mass is 10.3. The molecule has 0 spiro atoms. The van der Waals surface area contributed by atoms with Crippen LogP contribution in [-0.2, 0) is 0 Å². The number of anilines is 1. The predicted octanol–water partition coefficient (Wildman–Crippen LogP) is 2.76. The lowest BCUT2D eigenvalue weighted by molar-refractivity contribution is 0.971. The molecule has 0 radical (unpaired) electrons. The summed E-state index contributed by atoms with van der Waals surface area (Å²) in [6.45, 7) is 0. The van der Waals surface area contributed by atoms with Gasteiger partial charge in [-0.3, -0.25) is 10.1 Å². The molecule has 2 aromatic rings. The van der Waals surface area contributed by atoms with Crippen molar-refractivity contribution >= 4 is 11.4 Å². The van der Waals surface area contributed by atoms with E-state index in [1.807, 2.05) is 29.2 Å². The molecule has 1 aromatic carbocycles. The van der Waals surface area contributed by atoms with Crippen LogP contribution in [0.1, 0.15) is 0 Å². The van der Waals surface area contributed by atoms with Crippen LogP contribution >= 0.6 is 0 Å². The van der Waals surface area contributed by atoms with Crippen LogP contribution in [0.3, 0.4) is 0 Å². The summed E-state index contributed by atoms with van der Waals surface area (Å²) in [7, 11) is 0. The third-order valence-electron chi connectivity index (χ3n) is 1.84. The molecule has 1 heterocycles. The van der Waals surface area contributed by atoms with Gasteiger partial charge in [-0.15, -0.1) is 4.91 Å². The highest BCUT2D eigenvalue weighted by Crippen LogP contribution is 2.15. The summed E-state index contributed by atoms with van der Waals surface area (Å²) in [6.07, 6.45) is 3.79. The van der Waals surface area contributed by atoms with Gasteiger partial charge in [-0.1, -0.05) is 0 Å². The molecule has 0 saturated carbocycles. The zero-order valence-corrected chi connectivity index (χ0v) is 7.42. The van der Waals surface area contributed by atoms with Crippen LogP contribution in [0.25, 0.3) is 0 Å². The zero-order valence-electron chi connectivity index (χ0n) is 7.42. The van der Waals surface area contributed by atoms with Crippen molar-refractivity contribution in [1.82, 2.24) is 4.68 Å². The van der Waals surface area contributed by atoms with E-state index in [0.29, 0.717) is 5.69 Å². The SMILES string of the molecule is O=Nc1ccc(Nn2cccc2)cc1. The van der Waals surface area contributed by atoms with Crippen LogP contribution in [0.15, 0.2) is 54.0 Å². The van der Waals surface area contributed by atoms with E-state index in [-0.39, 0.29) is 0 Å². The predicted molar refractivity (Wildman–Crippen MR) is 55.3 cm³/mol. The second-order valence-electron chi connectivity index (χ2n) is 2.84. The fourth-order valence-electron chi connectivity index (χ4n) is 1.15. The van der Waals surface area contributed by atoms with Gasteiger partial charge in [0.1, 0.15) is 5.69 Å². The van der Waals surface area contributed by atoms with Gasteiger partial charge in [0.2, 0.25) is 0 Å². The van der Waals surface area contributed by atoms with Gasteiger partial charge in [0.15, 0.2) is 0 Å². The molecule has 1 N–H and O–H groups in total. The Labute approximate surface area is 81.1 Å². The normalized spacial score (nSPS) is 9.71. The average molecular weight is 187 g/mol. The van der Waals surface area contributed by atoms with E-state index in [1.54, 1.807) is 24.3 Å². The van der Waals surface area contributed by atoms with Crippen LogP contribution in [0.4, 0.5) is 11.4 Å². The highest BCUT2D eigenvalue weighted by molar-refractivity contribution is 5.50. The lowest BCUT2D eigenvalue weighted by Gasteiger charge is -2.06. The van der Waals surface area contributed by atoms with Crippen molar-refractivity contribution in [3.05, 3.63) is 53.7 Å². The van der Waals surface area contributed by atoms with Gasteiger partial charge in [0, 0.05) is 12.4 Å². The molecule has 0 amide bonds. The Balaban J connectivity index is 2.14. The van der Waals surface area contributed by atoms with E-state index in [0.717, 1.165) is 5.69 Å². The molecule has 0 aliphatic carbocycles. The van der Waals surface area contributed by atoms with Crippen molar-refractivity contribution in [3.63, 3.8) is 0 Å². The molecule has 0 atom stereocenters. The average Bonchev–Trinajstić information content (AvgIpc) is 2.72. The maximum Gasteiger partial charge on any atom is 0.108 e. The number of aromatic nitrogens is 1. The highest BCUT2D eigenvalue weighted by atomic mass is 16.3. The molecule has 2 rings (SSSR count). The topological polar surface area (TPSA) is 46.4 Å². The molecule has 1 aromatic heterocycles. The molecule has 0 unspecified atom stereocenters. The molecule has 14 heavy (non-hydrogen) atoms. The van der Waals surface area contributed by atoms with E-state index in [2.05, 4.69) is 10.6 Å². The van der Waals surface area contributed by atoms with Crippen molar-refractivity contribution < 1.29 is 0 Å². The van der Waals surface area contributed by atoms with Crippen LogP contribution in [0.5, 0.6) is 0 Å². The molecular weight excluding hydrogens is 178 g/mol. The van der Waals surface area contributed by atoms with Gasteiger partial charge in [-0.2, -0.15) is 0 Å². The maximum atomic E-state index is 10.2. The first-order valence-electron chi connectivity index (χ1n) is 4.22. The Bertz CT molecular complexity index is 405. The summed E-state index contributed by atoms with van der Waals surface area (Å²) in [5.41, 5.74) is 4.45. The molecular formula is C10H9N3O.